The smallest absolute Gasteiger partial charge is 0.209 e. The molecule has 0 rings (SSSR count). The first kappa shape index (κ1) is 19.3. The monoisotopic (exact) mass is 221 g/mol. The zero-order chi connectivity index (χ0) is 12.9. The van der Waals surface area contributed by atoms with Crippen molar-refractivity contribution in [3.8, 4) is 0 Å². The molecule has 0 spiro atoms. The van der Waals surface area contributed by atoms with E-state index in [-0.39, 0.29) is 24.8 Å². The second-order valence-electron chi connectivity index (χ2n) is 2.79. The third kappa shape index (κ3) is 65.5. The fourth-order valence-corrected chi connectivity index (χ4v) is 0. The van der Waals surface area contributed by atoms with Crippen LogP contribution in [0.4, 0.5) is 0 Å². The van der Waals surface area contributed by atoms with E-state index in [1.807, 2.05) is 0 Å². The summed E-state index contributed by atoms with van der Waals surface area (Å²) < 4.78 is 0. The van der Waals surface area contributed by atoms with Crippen LogP contribution in [-0.2, 0) is 14.4 Å². The molecular formula is C9H19NO5. The molecule has 0 heterocycles. The Morgan fingerprint density at radius 1 is 1.07 bits per heavy atom. The number of ketones is 2. The number of aliphatic hydroxyl groups is 2. The molecular weight excluding hydrogens is 202 g/mol. The molecule has 15 heavy (non-hydrogen) atoms. The standard InChI is InChI=1S/C3H7NO.2C3H6O2/c1-4(2)3-5;2*1-3(5)2-4/h3H,1-2H3;2*4H,2H2,1H3. The zero-order valence-electron chi connectivity index (χ0n) is 9.56. The van der Waals surface area contributed by atoms with E-state index in [9.17, 15) is 14.4 Å². The maximum Gasteiger partial charge on any atom is 0.209 e. The largest absolute Gasteiger partial charge is 0.389 e. The van der Waals surface area contributed by atoms with Crippen LogP contribution in [0.3, 0.4) is 0 Å². The molecule has 1 amide bonds. The lowest BCUT2D eigenvalue weighted by atomic mass is 10.5. The molecule has 0 radical (unpaired) electrons. The molecule has 0 aromatic rings. The van der Waals surface area contributed by atoms with Gasteiger partial charge in [-0.1, -0.05) is 0 Å². The third-order valence-corrected chi connectivity index (χ3v) is 0.656. The first-order valence-corrected chi connectivity index (χ1v) is 4.14. The van der Waals surface area contributed by atoms with E-state index in [0.29, 0.717) is 0 Å². The number of Topliss-reactive ketones (excluding diaryl/α,β-unsaturated/α-hetero) is 2. The lowest BCUT2D eigenvalue weighted by Gasteiger charge is -1.93. The van der Waals surface area contributed by atoms with E-state index >= 15 is 0 Å². The highest BCUT2D eigenvalue weighted by Gasteiger charge is 1.78. The maximum atomic E-state index is 9.56. The van der Waals surface area contributed by atoms with E-state index < -0.39 is 0 Å². The summed E-state index contributed by atoms with van der Waals surface area (Å²) in [4.78, 5) is 30.0. The average Bonchev–Trinajstić information content (AvgIpc) is 2.19. The summed E-state index contributed by atoms with van der Waals surface area (Å²) in [5.41, 5.74) is 0. The van der Waals surface area contributed by atoms with Gasteiger partial charge in [0.2, 0.25) is 6.41 Å². The van der Waals surface area contributed by atoms with Gasteiger partial charge in [0.1, 0.15) is 13.2 Å². The average molecular weight is 221 g/mol. The number of nitrogens with zero attached hydrogens (tertiary/aromatic N) is 1. The molecule has 0 aliphatic rings. The highest BCUT2D eigenvalue weighted by atomic mass is 16.3. The van der Waals surface area contributed by atoms with Crippen molar-refractivity contribution >= 4 is 18.0 Å². The van der Waals surface area contributed by atoms with Crippen LogP contribution in [-0.4, -0.2) is 60.4 Å². The second kappa shape index (κ2) is 15.2. The number of hydrogen-bond acceptors (Lipinski definition) is 5. The van der Waals surface area contributed by atoms with Gasteiger partial charge in [0.05, 0.1) is 0 Å². The first-order chi connectivity index (χ1) is 6.81. The Balaban J connectivity index is -0.000000144. The van der Waals surface area contributed by atoms with Crippen LogP contribution in [0.2, 0.25) is 0 Å². The van der Waals surface area contributed by atoms with E-state index in [1.54, 1.807) is 14.1 Å². The van der Waals surface area contributed by atoms with Crippen LogP contribution < -0.4 is 0 Å². The molecule has 6 heteroatoms. The zero-order valence-corrected chi connectivity index (χ0v) is 9.56. The highest BCUT2D eigenvalue weighted by Crippen LogP contribution is 1.56. The lowest BCUT2D eigenvalue weighted by molar-refractivity contribution is -0.120. The van der Waals surface area contributed by atoms with Gasteiger partial charge in [0.15, 0.2) is 11.6 Å². The van der Waals surface area contributed by atoms with E-state index in [1.165, 1.54) is 18.7 Å². The maximum absolute atomic E-state index is 9.56. The summed E-state index contributed by atoms with van der Waals surface area (Å²) in [7, 11) is 3.38. The summed E-state index contributed by atoms with van der Waals surface area (Å²) in [6.45, 7) is 2.00. The molecule has 2 N–H and O–H groups in total. The van der Waals surface area contributed by atoms with Gasteiger partial charge in [0, 0.05) is 14.1 Å². The SMILES string of the molecule is CC(=O)CO.CC(=O)CO.CN(C)C=O. The summed E-state index contributed by atoms with van der Waals surface area (Å²) >= 11 is 0. The van der Waals surface area contributed by atoms with Crippen molar-refractivity contribution < 1.29 is 24.6 Å². The van der Waals surface area contributed by atoms with Crippen molar-refractivity contribution in [1.82, 2.24) is 4.90 Å². The minimum atomic E-state index is -0.333. The van der Waals surface area contributed by atoms with Gasteiger partial charge in [0.25, 0.3) is 0 Å². The number of carbonyl (C=O) groups excluding carboxylic acids is 3. The molecule has 0 saturated heterocycles. The van der Waals surface area contributed by atoms with Crippen molar-refractivity contribution in [3.05, 3.63) is 0 Å². The second-order valence-corrected chi connectivity index (χ2v) is 2.79. The molecule has 0 aromatic carbocycles. The molecule has 0 saturated carbocycles. The third-order valence-electron chi connectivity index (χ3n) is 0.656. The van der Waals surface area contributed by atoms with E-state index in [0.717, 1.165) is 6.41 Å². The normalized spacial score (nSPS) is 7.33. The Kier molecular flexibility index (Phi) is 19.6. The summed E-state index contributed by atoms with van der Waals surface area (Å²) in [6, 6.07) is 0. The Hall–Kier alpha value is -1.27. The predicted molar refractivity (Wildman–Crippen MR) is 55.3 cm³/mol. The Labute approximate surface area is 89.5 Å². The molecule has 90 valence electrons. The molecule has 0 unspecified atom stereocenters. The number of amides is 1. The van der Waals surface area contributed by atoms with Crippen LogP contribution >= 0.6 is 0 Å². The molecule has 0 aliphatic heterocycles. The van der Waals surface area contributed by atoms with Crippen molar-refractivity contribution in [2.45, 2.75) is 13.8 Å². The van der Waals surface area contributed by atoms with Gasteiger partial charge in [-0.25, -0.2) is 0 Å². The van der Waals surface area contributed by atoms with Crippen molar-refractivity contribution in [2.24, 2.45) is 0 Å². The number of carbonyl (C=O) groups is 3. The molecule has 0 bridgehead atoms. The minimum absolute atomic E-state index is 0.190. The van der Waals surface area contributed by atoms with Gasteiger partial charge in [-0.2, -0.15) is 0 Å². The van der Waals surface area contributed by atoms with Gasteiger partial charge in [-0.15, -0.1) is 0 Å². The van der Waals surface area contributed by atoms with Crippen LogP contribution in [0.1, 0.15) is 13.8 Å². The lowest BCUT2D eigenvalue weighted by Crippen LogP contribution is -2.06. The Morgan fingerprint density at radius 3 is 1.20 bits per heavy atom. The van der Waals surface area contributed by atoms with Crippen molar-refractivity contribution in [3.63, 3.8) is 0 Å². The highest BCUT2D eigenvalue weighted by molar-refractivity contribution is 5.76. The molecule has 0 atom stereocenters. The van der Waals surface area contributed by atoms with Gasteiger partial charge < -0.3 is 15.1 Å². The Bertz CT molecular complexity index is 165. The van der Waals surface area contributed by atoms with Crippen LogP contribution in [0, 0.1) is 0 Å². The summed E-state index contributed by atoms with van der Waals surface area (Å²) in [5.74, 6) is -0.380. The van der Waals surface area contributed by atoms with Gasteiger partial charge >= 0.3 is 0 Å². The minimum Gasteiger partial charge on any atom is -0.389 e. The van der Waals surface area contributed by atoms with Crippen molar-refractivity contribution in [1.29, 1.82) is 0 Å². The molecule has 0 aromatic heterocycles. The van der Waals surface area contributed by atoms with Crippen LogP contribution in [0.25, 0.3) is 0 Å². The fraction of sp³-hybridized carbons (Fsp3) is 0.667. The molecule has 0 aliphatic carbocycles. The number of aliphatic hydroxyl groups excluding tert-OH is 2. The topological polar surface area (TPSA) is 94.9 Å². The summed E-state index contributed by atoms with van der Waals surface area (Å²) in [5, 5.41) is 15.6. The van der Waals surface area contributed by atoms with Crippen molar-refractivity contribution in [2.75, 3.05) is 27.3 Å². The van der Waals surface area contributed by atoms with Crippen LogP contribution in [0.5, 0.6) is 0 Å². The number of hydrogen-bond donors (Lipinski definition) is 2. The Morgan fingerprint density at radius 2 is 1.20 bits per heavy atom. The molecule has 0 fully saturated rings. The quantitative estimate of drug-likeness (QED) is 0.586. The molecule has 6 nitrogen and oxygen atoms in total. The fourth-order valence-electron chi connectivity index (χ4n) is 0. The summed E-state index contributed by atoms with van der Waals surface area (Å²) in [6.07, 6.45) is 0.750. The predicted octanol–water partition coefficient (Wildman–Crippen LogP) is -1.16. The first-order valence-electron chi connectivity index (χ1n) is 4.14. The van der Waals surface area contributed by atoms with Crippen LogP contribution in [0.15, 0.2) is 0 Å². The number of rotatable bonds is 3. The van der Waals surface area contributed by atoms with Gasteiger partial charge in [-0.3, -0.25) is 14.4 Å². The van der Waals surface area contributed by atoms with E-state index in [2.05, 4.69) is 0 Å². The van der Waals surface area contributed by atoms with E-state index in [4.69, 9.17) is 10.2 Å². The van der Waals surface area contributed by atoms with Gasteiger partial charge in [-0.05, 0) is 13.8 Å².